The Morgan fingerprint density at radius 1 is 1.56 bits per heavy atom. The van der Waals surface area contributed by atoms with Crippen LogP contribution in [0.4, 0.5) is 15.8 Å². The summed E-state index contributed by atoms with van der Waals surface area (Å²) in [6.07, 6.45) is 2.46. The Balaban J connectivity index is 2.00. The molecule has 1 unspecified atom stereocenters. The molecule has 0 saturated carbocycles. The molecule has 1 fully saturated rings. The standard InChI is InChI=1S/C13H19BrFN3/c1-2-18-5-3-4-9(18)8-17-13-6-10(14)11(15)7-12(13)16/h6-7,9,17H,2-5,8,16H2,1H3. The number of likely N-dealkylation sites (N-methyl/N-ethyl adjacent to an activating group) is 1. The number of rotatable bonds is 4. The van der Waals surface area contributed by atoms with Crippen LogP contribution in [0.3, 0.4) is 0 Å². The maximum absolute atomic E-state index is 13.3. The highest BCUT2D eigenvalue weighted by Gasteiger charge is 2.22. The highest BCUT2D eigenvalue weighted by atomic mass is 79.9. The van der Waals surface area contributed by atoms with Gasteiger partial charge in [0.15, 0.2) is 0 Å². The molecule has 0 bridgehead atoms. The van der Waals surface area contributed by atoms with E-state index in [1.807, 2.05) is 0 Å². The molecule has 0 spiro atoms. The number of likely N-dealkylation sites (tertiary alicyclic amines) is 1. The van der Waals surface area contributed by atoms with Gasteiger partial charge in [-0.25, -0.2) is 4.39 Å². The fourth-order valence-corrected chi connectivity index (χ4v) is 2.83. The molecular weight excluding hydrogens is 297 g/mol. The van der Waals surface area contributed by atoms with Crippen molar-refractivity contribution < 1.29 is 4.39 Å². The molecule has 18 heavy (non-hydrogen) atoms. The number of hydrogen-bond acceptors (Lipinski definition) is 3. The van der Waals surface area contributed by atoms with Crippen LogP contribution in [-0.2, 0) is 0 Å². The van der Waals surface area contributed by atoms with Gasteiger partial charge in [-0.15, -0.1) is 0 Å². The fraction of sp³-hybridized carbons (Fsp3) is 0.538. The molecule has 0 radical (unpaired) electrons. The molecule has 1 atom stereocenters. The Bertz CT molecular complexity index is 425. The fourth-order valence-electron chi connectivity index (χ4n) is 2.49. The Kier molecular flexibility index (Phi) is 4.45. The van der Waals surface area contributed by atoms with Gasteiger partial charge >= 0.3 is 0 Å². The van der Waals surface area contributed by atoms with Crippen LogP contribution in [0.15, 0.2) is 16.6 Å². The lowest BCUT2D eigenvalue weighted by molar-refractivity contribution is 0.277. The SMILES string of the molecule is CCN1CCCC1CNc1cc(Br)c(F)cc1N. The van der Waals surface area contributed by atoms with Crippen molar-refractivity contribution in [3.63, 3.8) is 0 Å². The van der Waals surface area contributed by atoms with E-state index in [9.17, 15) is 4.39 Å². The summed E-state index contributed by atoms with van der Waals surface area (Å²) in [7, 11) is 0. The smallest absolute Gasteiger partial charge is 0.139 e. The van der Waals surface area contributed by atoms with E-state index in [0.717, 1.165) is 18.8 Å². The first-order chi connectivity index (χ1) is 8.61. The minimum atomic E-state index is -0.325. The van der Waals surface area contributed by atoms with E-state index in [-0.39, 0.29) is 5.82 Å². The number of nitrogens with zero attached hydrogens (tertiary/aromatic N) is 1. The van der Waals surface area contributed by atoms with E-state index >= 15 is 0 Å². The zero-order chi connectivity index (χ0) is 13.1. The van der Waals surface area contributed by atoms with Crippen LogP contribution < -0.4 is 11.1 Å². The summed E-state index contributed by atoms with van der Waals surface area (Å²) < 4.78 is 13.7. The quantitative estimate of drug-likeness (QED) is 0.839. The second kappa shape index (κ2) is 5.89. The third-order valence-electron chi connectivity index (χ3n) is 3.53. The van der Waals surface area contributed by atoms with Crippen LogP contribution in [0.5, 0.6) is 0 Å². The van der Waals surface area contributed by atoms with Gasteiger partial charge < -0.3 is 11.1 Å². The van der Waals surface area contributed by atoms with E-state index < -0.39 is 0 Å². The normalized spacial score (nSPS) is 20.3. The number of halogens is 2. The van der Waals surface area contributed by atoms with Crippen molar-refractivity contribution in [2.24, 2.45) is 0 Å². The first-order valence-corrected chi connectivity index (χ1v) is 7.13. The predicted octanol–water partition coefficient (Wildman–Crippen LogP) is 3.07. The van der Waals surface area contributed by atoms with E-state index in [4.69, 9.17) is 5.73 Å². The van der Waals surface area contributed by atoms with E-state index in [1.54, 1.807) is 6.07 Å². The number of anilines is 2. The lowest BCUT2D eigenvalue weighted by Gasteiger charge is -2.23. The van der Waals surface area contributed by atoms with Gasteiger partial charge in [-0.3, -0.25) is 4.90 Å². The summed E-state index contributed by atoms with van der Waals surface area (Å²) in [5, 5.41) is 3.32. The molecule has 0 amide bonds. The molecule has 1 aliphatic heterocycles. The Labute approximate surface area is 116 Å². The molecule has 100 valence electrons. The topological polar surface area (TPSA) is 41.3 Å². The molecule has 0 aliphatic carbocycles. The number of hydrogen-bond donors (Lipinski definition) is 2. The van der Waals surface area contributed by atoms with Crippen molar-refractivity contribution in [1.82, 2.24) is 4.90 Å². The minimum Gasteiger partial charge on any atom is -0.397 e. The second-order valence-electron chi connectivity index (χ2n) is 4.66. The van der Waals surface area contributed by atoms with Gasteiger partial charge in [-0.05, 0) is 47.9 Å². The van der Waals surface area contributed by atoms with Crippen molar-refractivity contribution in [1.29, 1.82) is 0 Å². The third-order valence-corrected chi connectivity index (χ3v) is 4.13. The molecule has 0 aromatic heterocycles. The molecule has 5 heteroatoms. The van der Waals surface area contributed by atoms with Crippen molar-refractivity contribution in [2.75, 3.05) is 30.7 Å². The molecule has 2 rings (SSSR count). The van der Waals surface area contributed by atoms with Crippen LogP contribution in [0.25, 0.3) is 0 Å². The van der Waals surface area contributed by atoms with E-state index in [1.165, 1.54) is 25.5 Å². The van der Waals surface area contributed by atoms with Crippen molar-refractivity contribution in [3.05, 3.63) is 22.4 Å². The first kappa shape index (κ1) is 13.6. The lowest BCUT2D eigenvalue weighted by Crippen LogP contribution is -2.34. The van der Waals surface area contributed by atoms with Gasteiger partial charge in [0, 0.05) is 18.7 Å². The molecule has 1 saturated heterocycles. The monoisotopic (exact) mass is 315 g/mol. The summed E-state index contributed by atoms with van der Waals surface area (Å²) in [6.45, 7) is 5.29. The molecule has 1 aromatic carbocycles. The van der Waals surface area contributed by atoms with Crippen LogP contribution in [0, 0.1) is 5.82 Å². The average molecular weight is 316 g/mol. The summed E-state index contributed by atoms with van der Waals surface area (Å²) in [5.41, 5.74) is 7.06. The van der Waals surface area contributed by atoms with Gasteiger partial charge in [0.1, 0.15) is 5.82 Å². The summed E-state index contributed by atoms with van der Waals surface area (Å²) in [5.74, 6) is -0.325. The highest BCUT2D eigenvalue weighted by Crippen LogP contribution is 2.27. The third kappa shape index (κ3) is 2.95. The first-order valence-electron chi connectivity index (χ1n) is 6.34. The van der Waals surface area contributed by atoms with Crippen LogP contribution in [0.2, 0.25) is 0 Å². The summed E-state index contributed by atoms with van der Waals surface area (Å²) in [4.78, 5) is 2.46. The number of nitrogens with two attached hydrogens (primary N) is 1. The van der Waals surface area contributed by atoms with Gasteiger partial charge in [0.2, 0.25) is 0 Å². The second-order valence-corrected chi connectivity index (χ2v) is 5.51. The number of nitrogens with one attached hydrogen (secondary N) is 1. The minimum absolute atomic E-state index is 0.325. The van der Waals surface area contributed by atoms with Gasteiger partial charge in [-0.1, -0.05) is 6.92 Å². The molecule has 1 heterocycles. The predicted molar refractivity (Wildman–Crippen MR) is 77.3 cm³/mol. The zero-order valence-electron chi connectivity index (χ0n) is 10.5. The molecule has 3 nitrogen and oxygen atoms in total. The highest BCUT2D eigenvalue weighted by molar-refractivity contribution is 9.10. The largest absolute Gasteiger partial charge is 0.397 e. The average Bonchev–Trinajstić information content (AvgIpc) is 2.79. The van der Waals surface area contributed by atoms with E-state index in [2.05, 4.69) is 33.1 Å². The van der Waals surface area contributed by atoms with Crippen molar-refractivity contribution in [2.45, 2.75) is 25.8 Å². The zero-order valence-corrected chi connectivity index (χ0v) is 12.1. The van der Waals surface area contributed by atoms with E-state index in [0.29, 0.717) is 16.2 Å². The van der Waals surface area contributed by atoms with Gasteiger partial charge in [0.05, 0.1) is 15.8 Å². The van der Waals surface area contributed by atoms with Gasteiger partial charge in [-0.2, -0.15) is 0 Å². The Morgan fingerprint density at radius 2 is 2.33 bits per heavy atom. The summed E-state index contributed by atoms with van der Waals surface area (Å²) >= 11 is 3.18. The molecular formula is C13H19BrFN3. The molecule has 3 N–H and O–H groups in total. The number of benzene rings is 1. The maximum atomic E-state index is 13.3. The Hall–Kier alpha value is -0.810. The van der Waals surface area contributed by atoms with Crippen LogP contribution in [-0.4, -0.2) is 30.6 Å². The molecule has 1 aromatic rings. The lowest BCUT2D eigenvalue weighted by atomic mass is 10.2. The maximum Gasteiger partial charge on any atom is 0.139 e. The summed E-state index contributed by atoms with van der Waals surface area (Å²) in [6, 6.07) is 3.60. The van der Waals surface area contributed by atoms with Crippen LogP contribution >= 0.6 is 15.9 Å². The number of nitrogen functional groups attached to an aromatic ring is 1. The van der Waals surface area contributed by atoms with Gasteiger partial charge in [0.25, 0.3) is 0 Å². The van der Waals surface area contributed by atoms with Crippen molar-refractivity contribution in [3.8, 4) is 0 Å². The molecule has 1 aliphatic rings. The van der Waals surface area contributed by atoms with Crippen molar-refractivity contribution >= 4 is 27.3 Å². The Morgan fingerprint density at radius 3 is 3.06 bits per heavy atom. The van der Waals surface area contributed by atoms with Crippen LogP contribution in [0.1, 0.15) is 19.8 Å².